The number of para-hydroxylation sites is 1. The molecule has 4 rings (SSSR count). The van der Waals surface area contributed by atoms with Crippen LogP contribution in [0, 0.1) is 0 Å². The van der Waals surface area contributed by atoms with Crippen molar-refractivity contribution in [1.29, 1.82) is 0 Å². The van der Waals surface area contributed by atoms with Crippen LogP contribution in [-0.2, 0) is 13.1 Å². The molecule has 0 fully saturated rings. The van der Waals surface area contributed by atoms with Crippen LogP contribution in [0.4, 0.5) is 0 Å². The molecule has 0 aliphatic carbocycles. The summed E-state index contributed by atoms with van der Waals surface area (Å²) in [4.78, 5) is 14.6. The van der Waals surface area contributed by atoms with Crippen LogP contribution in [-0.4, -0.2) is 39.2 Å². The Hall–Kier alpha value is -3.15. The molecule has 0 atom stereocenters. The van der Waals surface area contributed by atoms with Crippen LogP contribution in [0.1, 0.15) is 16.2 Å². The van der Waals surface area contributed by atoms with Crippen molar-refractivity contribution in [3.63, 3.8) is 0 Å². The Labute approximate surface area is 145 Å². The summed E-state index contributed by atoms with van der Waals surface area (Å²) in [7, 11) is 1.57. The molecule has 2 heterocycles. The second-order valence-corrected chi connectivity index (χ2v) is 5.88. The van der Waals surface area contributed by atoms with Gasteiger partial charge in [-0.25, -0.2) is 0 Å². The number of carbonyl (C=O) groups is 1. The lowest BCUT2D eigenvalue weighted by atomic mass is 10.1. The number of amides is 1. The molecule has 1 aliphatic heterocycles. The van der Waals surface area contributed by atoms with Gasteiger partial charge in [-0.05, 0) is 12.1 Å². The average molecular weight is 334 g/mol. The Morgan fingerprint density at radius 2 is 1.76 bits per heavy atom. The standard InChI is InChI=1S/C19H18N4O2/c1-25-16-10-6-5-9-15(16)19(24)22-11-12-23-17(13-22)20-21-18(23)14-7-3-2-4-8-14/h2-10H,11-13H2,1H3. The number of carbonyl (C=O) groups excluding carboxylic acids is 1. The van der Waals surface area contributed by atoms with Gasteiger partial charge in [-0.2, -0.15) is 0 Å². The number of rotatable bonds is 3. The monoisotopic (exact) mass is 334 g/mol. The van der Waals surface area contributed by atoms with Gasteiger partial charge in [0.15, 0.2) is 11.6 Å². The molecule has 0 bridgehead atoms. The fourth-order valence-electron chi connectivity index (χ4n) is 3.12. The number of fused-ring (bicyclic) bond motifs is 1. The second-order valence-electron chi connectivity index (χ2n) is 5.88. The van der Waals surface area contributed by atoms with Crippen molar-refractivity contribution in [2.45, 2.75) is 13.1 Å². The molecule has 126 valence electrons. The molecule has 1 amide bonds. The lowest BCUT2D eigenvalue weighted by Crippen LogP contribution is -2.38. The lowest BCUT2D eigenvalue weighted by molar-refractivity contribution is 0.0704. The zero-order valence-corrected chi connectivity index (χ0v) is 13.9. The van der Waals surface area contributed by atoms with E-state index in [1.165, 1.54) is 0 Å². The molecule has 1 aliphatic rings. The summed E-state index contributed by atoms with van der Waals surface area (Å²) < 4.78 is 7.39. The van der Waals surface area contributed by atoms with E-state index in [2.05, 4.69) is 14.8 Å². The summed E-state index contributed by atoms with van der Waals surface area (Å²) in [5.41, 5.74) is 1.60. The van der Waals surface area contributed by atoms with Crippen molar-refractivity contribution in [3.05, 3.63) is 66.0 Å². The van der Waals surface area contributed by atoms with Crippen LogP contribution >= 0.6 is 0 Å². The summed E-state index contributed by atoms with van der Waals surface area (Å²) in [6.45, 7) is 1.73. The van der Waals surface area contributed by atoms with Gasteiger partial charge in [0.05, 0.1) is 19.2 Å². The number of hydrogen-bond donors (Lipinski definition) is 0. The minimum Gasteiger partial charge on any atom is -0.496 e. The van der Waals surface area contributed by atoms with Crippen LogP contribution in [0.15, 0.2) is 54.6 Å². The predicted molar refractivity (Wildman–Crippen MR) is 93.2 cm³/mol. The summed E-state index contributed by atoms with van der Waals surface area (Å²) >= 11 is 0. The lowest BCUT2D eigenvalue weighted by Gasteiger charge is -2.28. The summed E-state index contributed by atoms with van der Waals surface area (Å²) in [5.74, 6) is 2.19. The number of hydrogen-bond acceptors (Lipinski definition) is 4. The van der Waals surface area contributed by atoms with Gasteiger partial charge >= 0.3 is 0 Å². The van der Waals surface area contributed by atoms with Crippen LogP contribution in [0.3, 0.4) is 0 Å². The van der Waals surface area contributed by atoms with E-state index in [4.69, 9.17) is 4.74 Å². The molecule has 0 unspecified atom stereocenters. The summed E-state index contributed by atoms with van der Waals surface area (Å²) in [6.07, 6.45) is 0. The van der Waals surface area contributed by atoms with Gasteiger partial charge in [0.1, 0.15) is 5.75 Å². The molecule has 1 aromatic heterocycles. The SMILES string of the molecule is COc1ccccc1C(=O)N1CCn2c(nnc2-c2ccccc2)C1. The molecule has 0 saturated heterocycles. The number of ether oxygens (including phenoxy) is 1. The number of aromatic nitrogens is 3. The van der Waals surface area contributed by atoms with Crippen molar-refractivity contribution in [1.82, 2.24) is 19.7 Å². The van der Waals surface area contributed by atoms with Crippen LogP contribution in [0.2, 0.25) is 0 Å². The van der Waals surface area contributed by atoms with E-state index < -0.39 is 0 Å². The Morgan fingerprint density at radius 1 is 1.00 bits per heavy atom. The molecule has 0 N–H and O–H groups in total. The zero-order chi connectivity index (χ0) is 17.2. The van der Waals surface area contributed by atoms with Crippen LogP contribution < -0.4 is 4.74 Å². The average Bonchev–Trinajstić information content (AvgIpc) is 3.11. The zero-order valence-electron chi connectivity index (χ0n) is 13.9. The van der Waals surface area contributed by atoms with E-state index in [1.807, 2.05) is 42.5 Å². The smallest absolute Gasteiger partial charge is 0.258 e. The van der Waals surface area contributed by atoms with E-state index in [1.54, 1.807) is 24.1 Å². The van der Waals surface area contributed by atoms with Crippen molar-refractivity contribution >= 4 is 5.91 Å². The Bertz CT molecular complexity index is 905. The molecular formula is C19H18N4O2. The van der Waals surface area contributed by atoms with E-state index in [0.717, 1.165) is 17.2 Å². The normalized spacial score (nSPS) is 13.4. The Kier molecular flexibility index (Phi) is 3.93. The maximum Gasteiger partial charge on any atom is 0.258 e. The van der Waals surface area contributed by atoms with Crippen molar-refractivity contribution < 1.29 is 9.53 Å². The minimum atomic E-state index is -0.0482. The van der Waals surface area contributed by atoms with Gasteiger partial charge in [0.25, 0.3) is 5.91 Å². The molecule has 6 heteroatoms. The molecule has 2 aromatic carbocycles. The Balaban J connectivity index is 1.60. The molecule has 0 saturated carbocycles. The van der Waals surface area contributed by atoms with Gasteiger partial charge in [-0.15, -0.1) is 10.2 Å². The van der Waals surface area contributed by atoms with Crippen molar-refractivity contribution in [2.24, 2.45) is 0 Å². The minimum absolute atomic E-state index is 0.0482. The molecule has 25 heavy (non-hydrogen) atoms. The molecule has 6 nitrogen and oxygen atoms in total. The topological polar surface area (TPSA) is 60.2 Å². The first-order chi connectivity index (χ1) is 12.3. The van der Waals surface area contributed by atoms with E-state index >= 15 is 0 Å². The number of benzene rings is 2. The van der Waals surface area contributed by atoms with Crippen molar-refractivity contribution in [3.8, 4) is 17.1 Å². The van der Waals surface area contributed by atoms with Crippen LogP contribution in [0.5, 0.6) is 5.75 Å². The molecule has 0 spiro atoms. The van der Waals surface area contributed by atoms with Crippen LogP contribution in [0.25, 0.3) is 11.4 Å². The number of methoxy groups -OCH3 is 1. The first-order valence-electron chi connectivity index (χ1n) is 8.17. The third-order valence-electron chi connectivity index (χ3n) is 4.41. The van der Waals surface area contributed by atoms with Gasteiger partial charge in [0.2, 0.25) is 0 Å². The fraction of sp³-hybridized carbons (Fsp3) is 0.211. The summed E-state index contributed by atoms with van der Waals surface area (Å²) in [5, 5.41) is 8.61. The highest BCUT2D eigenvalue weighted by atomic mass is 16.5. The molecule has 0 radical (unpaired) electrons. The number of nitrogens with zero attached hydrogens (tertiary/aromatic N) is 4. The van der Waals surface area contributed by atoms with Gasteiger partial charge in [-0.1, -0.05) is 42.5 Å². The highest BCUT2D eigenvalue weighted by Gasteiger charge is 2.26. The maximum absolute atomic E-state index is 12.9. The first-order valence-corrected chi connectivity index (χ1v) is 8.17. The fourth-order valence-corrected chi connectivity index (χ4v) is 3.12. The van der Waals surface area contributed by atoms with Gasteiger partial charge in [0, 0.05) is 18.7 Å². The quantitative estimate of drug-likeness (QED) is 0.739. The molecule has 3 aromatic rings. The van der Waals surface area contributed by atoms with E-state index in [-0.39, 0.29) is 5.91 Å². The predicted octanol–water partition coefficient (Wildman–Crippen LogP) is 2.61. The first kappa shape index (κ1) is 15.4. The van der Waals surface area contributed by atoms with E-state index in [0.29, 0.717) is 30.9 Å². The highest BCUT2D eigenvalue weighted by molar-refractivity contribution is 5.97. The summed E-state index contributed by atoms with van der Waals surface area (Å²) in [6, 6.07) is 17.3. The Morgan fingerprint density at radius 3 is 2.56 bits per heavy atom. The second kappa shape index (κ2) is 6.39. The van der Waals surface area contributed by atoms with Gasteiger partial charge in [-0.3, -0.25) is 4.79 Å². The van der Waals surface area contributed by atoms with Crippen molar-refractivity contribution in [2.75, 3.05) is 13.7 Å². The third-order valence-corrected chi connectivity index (χ3v) is 4.41. The largest absolute Gasteiger partial charge is 0.496 e. The van der Waals surface area contributed by atoms with E-state index in [9.17, 15) is 4.79 Å². The maximum atomic E-state index is 12.9. The highest BCUT2D eigenvalue weighted by Crippen LogP contribution is 2.24. The molecular weight excluding hydrogens is 316 g/mol. The van der Waals surface area contributed by atoms with Gasteiger partial charge < -0.3 is 14.2 Å². The third kappa shape index (κ3) is 2.76.